The second kappa shape index (κ2) is 6.41. The van der Waals surface area contributed by atoms with Crippen LogP contribution >= 0.6 is 0 Å². The van der Waals surface area contributed by atoms with Gasteiger partial charge in [-0.3, -0.25) is 4.79 Å². The lowest BCUT2D eigenvalue weighted by Crippen LogP contribution is -2.11. The maximum absolute atomic E-state index is 11.8. The van der Waals surface area contributed by atoms with Crippen molar-refractivity contribution in [1.82, 2.24) is 0 Å². The van der Waals surface area contributed by atoms with Gasteiger partial charge in [0.15, 0.2) is 0 Å². The Balaban J connectivity index is 2.07. The molecule has 0 aliphatic carbocycles. The van der Waals surface area contributed by atoms with E-state index in [9.17, 15) is 9.59 Å². The standard InChI is InChI=1S/C15H18O5/c1-3-4-8-19-13(16)9-12-10-6-5-7-11(18-2)14(10)15(17)20-12/h5-7,12H,3-4,8-9H2,1-2H3. The number of rotatable bonds is 6. The van der Waals surface area contributed by atoms with Gasteiger partial charge in [0.2, 0.25) is 0 Å². The summed E-state index contributed by atoms with van der Waals surface area (Å²) in [5, 5.41) is 0. The largest absolute Gasteiger partial charge is 0.496 e. The SMILES string of the molecule is CCCCOC(=O)CC1OC(=O)c2c(OC)cccc21. The number of hydrogen-bond acceptors (Lipinski definition) is 5. The highest BCUT2D eigenvalue weighted by Gasteiger charge is 2.35. The summed E-state index contributed by atoms with van der Waals surface area (Å²) in [4.78, 5) is 23.5. The monoisotopic (exact) mass is 278 g/mol. The summed E-state index contributed by atoms with van der Waals surface area (Å²) in [5.74, 6) is -0.343. The van der Waals surface area contributed by atoms with E-state index < -0.39 is 12.1 Å². The topological polar surface area (TPSA) is 61.8 Å². The van der Waals surface area contributed by atoms with E-state index in [-0.39, 0.29) is 12.4 Å². The third kappa shape index (κ3) is 2.92. The average molecular weight is 278 g/mol. The zero-order valence-corrected chi connectivity index (χ0v) is 11.7. The molecule has 1 aliphatic heterocycles. The van der Waals surface area contributed by atoms with Gasteiger partial charge in [0.25, 0.3) is 0 Å². The quantitative estimate of drug-likeness (QED) is 0.591. The van der Waals surface area contributed by atoms with Gasteiger partial charge >= 0.3 is 11.9 Å². The van der Waals surface area contributed by atoms with Crippen molar-refractivity contribution in [3.8, 4) is 5.75 Å². The predicted molar refractivity (Wildman–Crippen MR) is 71.6 cm³/mol. The van der Waals surface area contributed by atoms with Crippen LogP contribution in [0.1, 0.15) is 48.2 Å². The van der Waals surface area contributed by atoms with Crippen LogP contribution in [0.4, 0.5) is 0 Å². The zero-order chi connectivity index (χ0) is 14.5. The van der Waals surface area contributed by atoms with Gasteiger partial charge in [-0.15, -0.1) is 0 Å². The molecule has 0 N–H and O–H groups in total. The van der Waals surface area contributed by atoms with E-state index in [1.165, 1.54) is 7.11 Å². The molecule has 5 nitrogen and oxygen atoms in total. The molecule has 1 heterocycles. The van der Waals surface area contributed by atoms with Crippen LogP contribution < -0.4 is 4.74 Å². The molecule has 0 saturated heterocycles. The summed E-state index contributed by atoms with van der Waals surface area (Å²) in [6, 6.07) is 5.24. The van der Waals surface area contributed by atoms with Gasteiger partial charge in [-0.2, -0.15) is 0 Å². The van der Waals surface area contributed by atoms with Crippen molar-refractivity contribution in [2.45, 2.75) is 32.3 Å². The molecule has 0 fully saturated rings. The third-order valence-corrected chi connectivity index (χ3v) is 3.19. The van der Waals surface area contributed by atoms with Gasteiger partial charge in [0.1, 0.15) is 17.4 Å². The van der Waals surface area contributed by atoms with Crippen LogP contribution in [0.15, 0.2) is 18.2 Å². The molecule has 1 aliphatic rings. The molecule has 0 bridgehead atoms. The van der Waals surface area contributed by atoms with Crippen LogP contribution in [0.2, 0.25) is 0 Å². The predicted octanol–water partition coefficient (Wildman–Crippen LogP) is 2.64. The van der Waals surface area contributed by atoms with E-state index >= 15 is 0 Å². The lowest BCUT2D eigenvalue weighted by Gasteiger charge is -2.10. The second-order valence-corrected chi connectivity index (χ2v) is 4.60. The van der Waals surface area contributed by atoms with Crippen molar-refractivity contribution in [2.75, 3.05) is 13.7 Å². The van der Waals surface area contributed by atoms with Crippen molar-refractivity contribution in [1.29, 1.82) is 0 Å². The Labute approximate surface area is 117 Å². The third-order valence-electron chi connectivity index (χ3n) is 3.19. The molecule has 0 spiro atoms. The summed E-state index contributed by atoms with van der Waals surface area (Å²) in [5.41, 5.74) is 1.09. The van der Waals surface area contributed by atoms with Crippen LogP contribution in [-0.2, 0) is 14.3 Å². The molecule has 108 valence electrons. The Kier molecular flexibility index (Phi) is 4.61. The minimum absolute atomic E-state index is 0.0373. The molecule has 20 heavy (non-hydrogen) atoms. The molecule has 1 unspecified atom stereocenters. The van der Waals surface area contributed by atoms with E-state index in [1.54, 1.807) is 18.2 Å². The van der Waals surface area contributed by atoms with Gasteiger partial charge in [-0.25, -0.2) is 4.79 Å². The van der Waals surface area contributed by atoms with Gasteiger partial charge in [0, 0.05) is 5.56 Å². The van der Waals surface area contributed by atoms with E-state index in [2.05, 4.69) is 0 Å². The molecule has 5 heteroatoms. The van der Waals surface area contributed by atoms with Crippen molar-refractivity contribution < 1.29 is 23.8 Å². The van der Waals surface area contributed by atoms with Crippen molar-refractivity contribution in [3.05, 3.63) is 29.3 Å². The van der Waals surface area contributed by atoms with Crippen LogP contribution in [0.3, 0.4) is 0 Å². The molecule has 0 amide bonds. The molecular formula is C15H18O5. The maximum atomic E-state index is 11.8. The summed E-state index contributed by atoms with van der Waals surface area (Å²) >= 11 is 0. The van der Waals surface area contributed by atoms with Crippen LogP contribution in [-0.4, -0.2) is 25.7 Å². The molecule has 0 saturated carbocycles. The number of carbonyl (C=O) groups is 2. The Hall–Kier alpha value is -2.04. The van der Waals surface area contributed by atoms with Crippen LogP contribution in [0.25, 0.3) is 0 Å². The summed E-state index contributed by atoms with van der Waals surface area (Å²) in [6.07, 6.45) is 1.25. The number of ether oxygens (including phenoxy) is 3. The summed E-state index contributed by atoms with van der Waals surface area (Å²) in [7, 11) is 1.50. The van der Waals surface area contributed by atoms with Crippen molar-refractivity contribution in [2.24, 2.45) is 0 Å². The summed E-state index contributed by atoms with van der Waals surface area (Å²) < 4.78 is 15.5. The molecule has 1 aromatic carbocycles. The Morgan fingerprint density at radius 3 is 2.90 bits per heavy atom. The Bertz CT molecular complexity index is 509. The highest BCUT2D eigenvalue weighted by atomic mass is 16.6. The fraction of sp³-hybridized carbons (Fsp3) is 0.467. The minimum Gasteiger partial charge on any atom is -0.496 e. The molecule has 0 aromatic heterocycles. The fourth-order valence-electron chi connectivity index (χ4n) is 2.15. The maximum Gasteiger partial charge on any atom is 0.342 e. The highest BCUT2D eigenvalue weighted by Crippen LogP contribution is 2.38. The molecule has 0 radical (unpaired) electrons. The number of cyclic esters (lactones) is 1. The first-order chi connectivity index (χ1) is 9.67. The molecule has 2 rings (SSSR count). The van der Waals surface area contributed by atoms with E-state index in [4.69, 9.17) is 14.2 Å². The second-order valence-electron chi connectivity index (χ2n) is 4.60. The number of methoxy groups -OCH3 is 1. The normalized spacial score (nSPS) is 16.5. The lowest BCUT2D eigenvalue weighted by atomic mass is 10.0. The van der Waals surface area contributed by atoms with Gasteiger partial charge in [-0.05, 0) is 12.5 Å². The number of hydrogen-bond donors (Lipinski definition) is 0. The number of esters is 2. The smallest absolute Gasteiger partial charge is 0.342 e. The fourth-order valence-corrected chi connectivity index (χ4v) is 2.15. The number of fused-ring (bicyclic) bond motifs is 1. The van der Waals surface area contributed by atoms with Gasteiger partial charge in [0.05, 0.1) is 20.1 Å². The van der Waals surface area contributed by atoms with Gasteiger partial charge in [-0.1, -0.05) is 25.5 Å². The Morgan fingerprint density at radius 2 is 2.20 bits per heavy atom. The number of carbonyl (C=O) groups excluding carboxylic acids is 2. The minimum atomic E-state index is -0.582. The van der Waals surface area contributed by atoms with E-state index in [1.807, 2.05) is 6.92 Å². The van der Waals surface area contributed by atoms with E-state index in [0.29, 0.717) is 23.5 Å². The zero-order valence-electron chi connectivity index (χ0n) is 11.7. The Morgan fingerprint density at radius 1 is 1.40 bits per heavy atom. The molecule has 1 aromatic rings. The van der Waals surface area contributed by atoms with Crippen molar-refractivity contribution in [3.63, 3.8) is 0 Å². The van der Waals surface area contributed by atoms with Crippen LogP contribution in [0.5, 0.6) is 5.75 Å². The van der Waals surface area contributed by atoms with E-state index in [0.717, 1.165) is 12.8 Å². The number of unbranched alkanes of at least 4 members (excludes halogenated alkanes) is 1. The van der Waals surface area contributed by atoms with Crippen molar-refractivity contribution >= 4 is 11.9 Å². The average Bonchev–Trinajstić information content (AvgIpc) is 2.76. The molecular weight excluding hydrogens is 260 g/mol. The first-order valence-electron chi connectivity index (χ1n) is 6.70. The van der Waals surface area contributed by atoms with Crippen LogP contribution in [0, 0.1) is 0 Å². The lowest BCUT2D eigenvalue weighted by molar-refractivity contribution is -0.145. The molecule has 1 atom stereocenters. The highest BCUT2D eigenvalue weighted by molar-refractivity contribution is 5.97. The summed E-state index contributed by atoms with van der Waals surface area (Å²) in [6.45, 7) is 2.43. The first-order valence-corrected chi connectivity index (χ1v) is 6.70. The van der Waals surface area contributed by atoms with Gasteiger partial charge < -0.3 is 14.2 Å². The number of benzene rings is 1. The first kappa shape index (κ1) is 14.4.